The fourth-order valence-corrected chi connectivity index (χ4v) is 3.80. The molecule has 2 heterocycles. The van der Waals surface area contributed by atoms with Crippen molar-refractivity contribution in [3.63, 3.8) is 0 Å². The largest absolute Gasteiger partial charge is 0.462 e. The first-order valence-electron chi connectivity index (χ1n) is 9.59. The number of amides is 1. The average Bonchev–Trinajstić information content (AvgIpc) is 3.16. The summed E-state index contributed by atoms with van der Waals surface area (Å²) in [5.41, 5.74) is 9.55. The van der Waals surface area contributed by atoms with Gasteiger partial charge in [-0.3, -0.25) is 9.89 Å². The molecule has 30 heavy (non-hydrogen) atoms. The van der Waals surface area contributed by atoms with Gasteiger partial charge in [-0.05, 0) is 42.5 Å². The molecule has 0 unspecified atom stereocenters. The lowest BCUT2D eigenvalue weighted by molar-refractivity contribution is 0.0526. The van der Waals surface area contributed by atoms with Crippen molar-refractivity contribution < 1.29 is 14.3 Å². The van der Waals surface area contributed by atoms with E-state index in [1.165, 1.54) is 0 Å². The Bertz CT molecular complexity index is 1150. The van der Waals surface area contributed by atoms with Crippen LogP contribution in [-0.2, 0) is 16.6 Å². The smallest absolute Gasteiger partial charge is 0.338 e. The number of fused-ring (bicyclic) bond motifs is 3. The fraction of sp³-hybridized carbons (Fsp3) is 0.286. The number of nitrogen functional groups attached to an aromatic ring is 1. The van der Waals surface area contributed by atoms with Crippen LogP contribution in [0.1, 0.15) is 52.7 Å². The van der Waals surface area contributed by atoms with Crippen molar-refractivity contribution >= 4 is 23.5 Å². The van der Waals surface area contributed by atoms with Gasteiger partial charge in [0.05, 0.1) is 23.6 Å². The van der Waals surface area contributed by atoms with Crippen molar-refractivity contribution in [2.24, 2.45) is 0 Å². The number of H-pyrrole nitrogens is 1. The van der Waals surface area contributed by atoms with Gasteiger partial charge in [0.2, 0.25) is 5.95 Å². The minimum Gasteiger partial charge on any atom is -0.462 e. The van der Waals surface area contributed by atoms with Gasteiger partial charge in [-0.15, -0.1) is 0 Å². The Morgan fingerprint density at radius 3 is 2.90 bits per heavy atom. The van der Waals surface area contributed by atoms with Crippen molar-refractivity contribution in [1.82, 2.24) is 20.2 Å². The molecule has 0 aliphatic heterocycles. The second-order valence-electron chi connectivity index (χ2n) is 7.74. The van der Waals surface area contributed by atoms with Gasteiger partial charge in [-0.2, -0.15) is 5.10 Å². The third-order valence-electron chi connectivity index (χ3n) is 5.04. The Morgan fingerprint density at radius 2 is 2.13 bits per heavy atom. The zero-order valence-electron chi connectivity index (χ0n) is 16.9. The SMILES string of the molecule is CCOC(=O)c1cccc(NC(=O)c2n[nH]c3c2C(C)(C)Cc2cnc(N)nc2-3)c1. The molecule has 0 saturated carbocycles. The number of benzene rings is 1. The molecule has 2 aromatic heterocycles. The Kier molecular flexibility index (Phi) is 4.73. The van der Waals surface area contributed by atoms with E-state index < -0.39 is 5.97 Å². The maximum Gasteiger partial charge on any atom is 0.338 e. The average molecular weight is 406 g/mol. The lowest BCUT2D eigenvalue weighted by Gasteiger charge is -2.31. The van der Waals surface area contributed by atoms with Crippen LogP contribution >= 0.6 is 0 Å². The zero-order valence-corrected chi connectivity index (χ0v) is 16.9. The molecule has 1 aliphatic carbocycles. The predicted molar refractivity (Wildman–Crippen MR) is 111 cm³/mol. The molecule has 4 rings (SSSR count). The highest BCUT2D eigenvalue weighted by Crippen LogP contribution is 2.42. The highest BCUT2D eigenvalue weighted by Gasteiger charge is 2.38. The summed E-state index contributed by atoms with van der Waals surface area (Å²) in [7, 11) is 0. The maximum atomic E-state index is 13.1. The molecule has 9 nitrogen and oxygen atoms in total. The molecule has 1 aliphatic rings. The second kappa shape index (κ2) is 7.25. The number of carbonyl (C=O) groups excluding carboxylic acids is 2. The van der Waals surface area contributed by atoms with Gasteiger partial charge < -0.3 is 15.8 Å². The number of anilines is 2. The summed E-state index contributed by atoms with van der Waals surface area (Å²) in [5, 5.41) is 10.0. The number of aromatic amines is 1. The summed E-state index contributed by atoms with van der Waals surface area (Å²) >= 11 is 0. The van der Waals surface area contributed by atoms with Crippen LogP contribution in [0.5, 0.6) is 0 Å². The number of carbonyl (C=O) groups is 2. The minimum atomic E-state index is -0.444. The number of nitrogens with two attached hydrogens (primary N) is 1. The highest BCUT2D eigenvalue weighted by atomic mass is 16.5. The molecule has 0 atom stereocenters. The number of nitrogens with zero attached hydrogens (tertiary/aromatic N) is 3. The lowest BCUT2D eigenvalue weighted by Crippen LogP contribution is -2.29. The number of nitrogens with one attached hydrogen (secondary N) is 2. The van der Waals surface area contributed by atoms with Crippen molar-refractivity contribution in [3.8, 4) is 11.4 Å². The van der Waals surface area contributed by atoms with Crippen LogP contribution in [0.4, 0.5) is 11.6 Å². The van der Waals surface area contributed by atoms with E-state index in [0.29, 0.717) is 29.1 Å². The minimum absolute atomic E-state index is 0.163. The molecule has 1 amide bonds. The molecule has 0 radical (unpaired) electrons. The van der Waals surface area contributed by atoms with Crippen molar-refractivity contribution in [3.05, 3.63) is 52.8 Å². The summed E-state index contributed by atoms with van der Waals surface area (Å²) in [6.07, 6.45) is 2.36. The Morgan fingerprint density at radius 1 is 1.33 bits per heavy atom. The third kappa shape index (κ3) is 3.38. The fourth-order valence-electron chi connectivity index (χ4n) is 3.80. The first-order valence-corrected chi connectivity index (χ1v) is 9.59. The molecular formula is C21H22N6O3. The van der Waals surface area contributed by atoms with Crippen LogP contribution in [-0.4, -0.2) is 38.6 Å². The number of rotatable bonds is 4. The number of esters is 1. The first-order chi connectivity index (χ1) is 14.3. The monoisotopic (exact) mass is 406 g/mol. The van der Waals surface area contributed by atoms with E-state index in [2.05, 4.69) is 25.5 Å². The summed E-state index contributed by atoms with van der Waals surface area (Å²) in [6.45, 7) is 6.10. The molecule has 0 spiro atoms. The van der Waals surface area contributed by atoms with E-state index >= 15 is 0 Å². The Balaban J connectivity index is 1.68. The van der Waals surface area contributed by atoms with Crippen LogP contribution in [0, 0.1) is 0 Å². The summed E-state index contributed by atoms with van der Waals surface area (Å²) in [6, 6.07) is 6.59. The summed E-state index contributed by atoms with van der Waals surface area (Å²) < 4.78 is 5.01. The number of hydrogen-bond acceptors (Lipinski definition) is 7. The van der Waals surface area contributed by atoms with Gasteiger partial charge in [-0.25, -0.2) is 14.8 Å². The highest BCUT2D eigenvalue weighted by molar-refractivity contribution is 6.06. The molecule has 0 saturated heterocycles. The van der Waals surface area contributed by atoms with Crippen molar-refractivity contribution in [1.29, 1.82) is 0 Å². The number of aromatic nitrogens is 4. The van der Waals surface area contributed by atoms with E-state index in [0.717, 1.165) is 11.1 Å². The van der Waals surface area contributed by atoms with Crippen molar-refractivity contribution in [2.45, 2.75) is 32.6 Å². The summed E-state index contributed by atoms with van der Waals surface area (Å²) in [5.74, 6) is -0.663. The topological polar surface area (TPSA) is 136 Å². The van der Waals surface area contributed by atoms with E-state index in [1.807, 2.05) is 13.8 Å². The molecule has 3 aromatic rings. The molecule has 0 bridgehead atoms. The van der Waals surface area contributed by atoms with Gasteiger partial charge in [-0.1, -0.05) is 19.9 Å². The predicted octanol–water partition coefficient (Wildman–Crippen LogP) is 2.71. The number of hydrogen-bond donors (Lipinski definition) is 3. The van der Waals surface area contributed by atoms with Gasteiger partial charge in [0.15, 0.2) is 5.69 Å². The molecular weight excluding hydrogens is 384 g/mol. The van der Waals surface area contributed by atoms with Gasteiger partial charge in [0.25, 0.3) is 5.91 Å². The molecule has 0 fully saturated rings. The van der Waals surface area contributed by atoms with E-state index in [-0.39, 0.29) is 29.6 Å². The molecule has 4 N–H and O–H groups in total. The van der Waals surface area contributed by atoms with E-state index in [4.69, 9.17) is 10.5 Å². The lowest BCUT2D eigenvalue weighted by atomic mass is 9.73. The second-order valence-corrected chi connectivity index (χ2v) is 7.74. The standard InChI is InChI=1S/C21H22N6O3/c1-4-30-19(29)11-6-5-7-13(8-11)24-18(28)17-14-16(26-27-17)15-12(9-21(14,2)3)10-23-20(22)25-15/h5-8,10H,4,9H2,1-3H3,(H,24,28)(H,26,27)(H2,22,23,25). The molecule has 1 aromatic carbocycles. The van der Waals surface area contributed by atoms with Crippen LogP contribution in [0.2, 0.25) is 0 Å². The quantitative estimate of drug-likeness (QED) is 0.567. The van der Waals surface area contributed by atoms with E-state index in [9.17, 15) is 9.59 Å². The Labute approximate surface area is 173 Å². The van der Waals surface area contributed by atoms with Gasteiger partial charge in [0, 0.05) is 17.4 Å². The maximum absolute atomic E-state index is 13.1. The number of ether oxygens (including phenoxy) is 1. The Hall–Kier alpha value is -3.75. The third-order valence-corrected chi connectivity index (χ3v) is 5.04. The van der Waals surface area contributed by atoms with Crippen LogP contribution in [0.25, 0.3) is 11.4 Å². The summed E-state index contributed by atoms with van der Waals surface area (Å²) in [4.78, 5) is 33.4. The van der Waals surface area contributed by atoms with Crippen LogP contribution in [0.3, 0.4) is 0 Å². The van der Waals surface area contributed by atoms with Crippen molar-refractivity contribution in [2.75, 3.05) is 17.7 Å². The first kappa shape index (κ1) is 19.6. The molecule has 9 heteroatoms. The van der Waals surface area contributed by atoms with Gasteiger partial charge in [0.1, 0.15) is 0 Å². The van der Waals surface area contributed by atoms with Crippen LogP contribution < -0.4 is 11.1 Å². The normalized spacial score (nSPS) is 13.8. The molecule has 154 valence electrons. The zero-order chi connectivity index (χ0) is 21.5. The van der Waals surface area contributed by atoms with Gasteiger partial charge >= 0.3 is 5.97 Å². The van der Waals surface area contributed by atoms with Crippen LogP contribution in [0.15, 0.2) is 30.5 Å². The van der Waals surface area contributed by atoms with E-state index in [1.54, 1.807) is 37.4 Å².